The van der Waals surface area contributed by atoms with Gasteiger partial charge in [-0.05, 0) is 93.9 Å². The molecule has 288 valence electrons. The summed E-state index contributed by atoms with van der Waals surface area (Å²) in [6.07, 6.45) is 14.9. The van der Waals surface area contributed by atoms with E-state index in [1.807, 2.05) is 32.5 Å². The van der Waals surface area contributed by atoms with Crippen molar-refractivity contribution in [2.24, 2.45) is 36.2 Å². The molecule has 0 unspecified atom stereocenters. The number of nitrogen functional groups attached to an aromatic ring is 2. The van der Waals surface area contributed by atoms with Crippen LogP contribution in [0.3, 0.4) is 0 Å². The minimum Gasteiger partial charge on any atom is -0.400 e. The number of rotatable bonds is 5. The second-order valence-electron chi connectivity index (χ2n) is 12.7. The van der Waals surface area contributed by atoms with E-state index in [4.69, 9.17) is 22.3 Å². The summed E-state index contributed by atoms with van der Waals surface area (Å²) in [5, 5.41) is 19.6. The lowest BCUT2D eigenvalue weighted by Gasteiger charge is -2.23. The first-order valence-electron chi connectivity index (χ1n) is 17.3. The van der Waals surface area contributed by atoms with Crippen LogP contribution < -0.4 is 21.9 Å². The minimum absolute atomic E-state index is 0.0706. The van der Waals surface area contributed by atoms with Crippen molar-refractivity contribution in [3.05, 3.63) is 48.5 Å². The first kappa shape index (κ1) is 42.7. The Morgan fingerprint density at radius 3 is 1.67 bits per heavy atom. The van der Waals surface area contributed by atoms with E-state index in [0.717, 1.165) is 39.3 Å². The first-order chi connectivity index (χ1) is 24.8. The number of hydrogen-bond donors (Lipinski definition) is 5. The average molecular weight is 779 g/mol. The van der Waals surface area contributed by atoms with Gasteiger partial charge in [-0.25, -0.2) is 23.2 Å². The summed E-state index contributed by atoms with van der Waals surface area (Å²) in [5.74, 6) is 0.273. The van der Waals surface area contributed by atoms with Crippen molar-refractivity contribution in [3.8, 4) is 0 Å². The third-order valence-electron chi connectivity index (χ3n) is 8.82. The van der Waals surface area contributed by atoms with Crippen LogP contribution in [-0.4, -0.2) is 95.1 Å². The molecule has 15 nitrogen and oxygen atoms in total. The molecule has 0 radical (unpaired) electrons. The molecule has 0 aromatic heterocycles. The molecule has 18 heteroatoms. The molecule has 2 saturated carbocycles. The number of anilines is 2. The summed E-state index contributed by atoms with van der Waals surface area (Å²) in [6.45, 7) is 6.38. The highest BCUT2D eigenvalue weighted by Gasteiger charge is 2.40. The Kier molecular flexibility index (Phi) is 15.9. The molecular weight excluding hydrogens is 725 g/mol. The number of aliphatic hydroxyl groups is 1. The van der Waals surface area contributed by atoms with E-state index in [9.17, 15) is 16.8 Å². The molecule has 0 atom stereocenters. The second kappa shape index (κ2) is 19.4. The normalized spacial score (nSPS) is 18.8. The molecule has 6 rings (SSSR count). The van der Waals surface area contributed by atoms with Crippen molar-refractivity contribution in [1.82, 2.24) is 14.7 Å². The monoisotopic (exact) mass is 778 g/mol. The van der Waals surface area contributed by atoms with Crippen molar-refractivity contribution in [1.29, 1.82) is 0 Å². The van der Waals surface area contributed by atoms with Gasteiger partial charge in [0.1, 0.15) is 0 Å². The molecule has 2 aromatic carbocycles. The number of benzene rings is 2. The summed E-state index contributed by atoms with van der Waals surface area (Å²) in [7, 11) is -6.49. The number of hydrogen-bond acceptors (Lipinski definition) is 12. The van der Waals surface area contributed by atoms with E-state index in [0.29, 0.717) is 36.2 Å². The van der Waals surface area contributed by atoms with Gasteiger partial charge >= 0.3 is 0 Å². The van der Waals surface area contributed by atoms with E-state index in [1.165, 1.54) is 61.7 Å². The molecule has 0 saturated heterocycles. The number of guanidine groups is 1. The predicted octanol–water partition coefficient (Wildman–Crippen LogP) is 3.90. The molecule has 2 aromatic rings. The Hall–Kier alpha value is -3.71. The Bertz CT molecular complexity index is 1770. The maximum atomic E-state index is 12.6. The van der Waals surface area contributed by atoms with Crippen LogP contribution in [-0.2, 0) is 20.0 Å². The first-order valence-corrected chi connectivity index (χ1v) is 21.4. The third kappa shape index (κ3) is 11.4. The smallest absolute Gasteiger partial charge is 0.284 e. The van der Waals surface area contributed by atoms with Gasteiger partial charge in [0.05, 0.1) is 22.9 Å². The SMILES string of the molecule is CCN.CCN=C(NS(=O)(=O)c1ccc(N)cc1)N1CC2(C=N1)CCCC2.CO.CSC(=NS(=O)(=O)c1ccc(N)cc1)N1CC2(C=N1)CCCC2. The topological polar surface area (TPSA) is 235 Å². The Morgan fingerprint density at radius 1 is 0.808 bits per heavy atom. The van der Waals surface area contributed by atoms with E-state index in [1.54, 1.807) is 34.3 Å². The highest BCUT2D eigenvalue weighted by Crippen LogP contribution is 2.41. The van der Waals surface area contributed by atoms with Crippen LogP contribution in [0, 0.1) is 10.8 Å². The van der Waals surface area contributed by atoms with Crippen LogP contribution in [0.15, 0.2) is 77.9 Å². The van der Waals surface area contributed by atoms with E-state index in [2.05, 4.69) is 24.3 Å². The van der Waals surface area contributed by atoms with Gasteiger partial charge < -0.3 is 22.3 Å². The maximum Gasteiger partial charge on any atom is 0.284 e. The lowest BCUT2D eigenvalue weighted by molar-refractivity contribution is 0.342. The van der Waals surface area contributed by atoms with E-state index < -0.39 is 20.0 Å². The zero-order valence-electron chi connectivity index (χ0n) is 30.5. The van der Waals surface area contributed by atoms with Gasteiger partial charge in [-0.3, -0.25) is 4.99 Å². The van der Waals surface area contributed by atoms with Gasteiger partial charge in [0.2, 0.25) is 5.96 Å². The molecule has 2 fully saturated rings. The molecule has 2 heterocycles. The number of aliphatic imine (C=N–C) groups is 1. The van der Waals surface area contributed by atoms with E-state index >= 15 is 0 Å². The maximum absolute atomic E-state index is 12.6. The second-order valence-corrected chi connectivity index (χ2v) is 16.8. The minimum atomic E-state index is -3.76. The van der Waals surface area contributed by atoms with Crippen LogP contribution in [0.4, 0.5) is 11.4 Å². The molecule has 8 N–H and O–H groups in total. The van der Waals surface area contributed by atoms with E-state index in [-0.39, 0.29) is 26.6 Å². The Morgan fingerprint density at radius 2 is 1.23 bits per heavy atom. The molecule has 0 amide bonds. The van der Waals surface area contributed by atoms with Gasteiger partial charge in [0.15, 0.2) is 5.17 Å². The largest absolute Gasteiger partial charge is 0.400 e. The molecular formula is C34H54N10O5S3. The van der Waals surface area contributed by atoms with Crippen molar-refractivity contribution in [2.75, 3.05) is 51.0 Å². The highest BCUT2D eigenvalue weighted by molar-refractivity contribution is 8.13. The zero-order chi connectivity index (χ0) is 38.4. The summed E-state index contributed by atoms with van der Waals surface area (Å²) in [6, 6.07) is 12.1. The van der Waals surface area contributed by atoms with Crippen molar-refractivity contribution < 1.29 is 21.9 Å². The van der Waals surface area contributed by atoms with Crippen molar-refractivity contribution in [3.63, 3.8) is 0 Å². The van der Waals surface area contributed by atoms with Crippen LogP contribution in [0.1, 0.15) is 65.2 Å². The summed E-state index contributed by atoms with van der Waals surface area (Å²) < 4.78 is 56.7. The van der Waals surface area contributed by atoms with Gasteiger partial charge in [-0.15, -0.1) is 4.40 Å². The predicted molar refractivity (Wildman–Crippen MR) is 213 cm³/mol. The standard InChI is InChI=1S/C16H23N5O2S.C15H20N4O2S2.C2H7N.CH4O/c1-2-18-15(21-12-16(11-19-21)9-3-4-10-16)20-24(22,23)14-7-5-13(17)6-8-14;1-22-14(19-11-15(10-17-19)8-2-3-9-15)18-23(20,21)13-6-4-12(16)5-7-13;1-2-3;1-2/h5-8,11H,2-4,9-10,12,17H2,1H3,(H,18,20);4-7,10H,2-3,8-9,11,16H2,1H3;2-3H2,1H3;2H,1H3. The average Bonchev–Trinajstić information content (AvgIpc) is 3.96. The number of aliphatic hydroxyl groups excluding tert-OH is 1. The molecule has 4 aliphatic rings. The van der Waals surface area contributed by atoms with Gasteiger partial charge in [-0.2, -0.15) is 18.6 Å². The number of amidine groups is 1. The molecule has 52 heavy (non-hydrogen) atoms. The van der Waals surface area contributed by atoms with Crippen LogP contribution >= 0.6 is 11.8 Å². The quantitative estimate of drug-likeness (QED) is 0.166. The number of sulfonamides is 2. The summed E-state index contributed by atoms with van der Waals surface area (Å²) in [5.41, 5.74) is 17.3. The van der Waals surface area contributed by atoms with Gasteiger partial charge in [0, 0.05) is 48.3 Å². The van der Waals surface area contributed by atoms with Gasteiger partial charge in [0.25, 0.3) is 20.0 Å². The Balaban J connectivity index is 0.000000250. The lowest BCUT2D eigenvalue weighted by Crippen LogP contribution is -2.42. The number of thioether (sulfide) groups is 1. The van der Waals surface area contributed by atoms with Crippen LogP contribution in [0.2, 0.25) is 0 Å². The number of nitrogens with two attached hydrogens (primary N) is 3. The lowest BCUT2D eigenvalue weighted by atomic mass is 9.88. The van der Waals surface area contributed by atoms with Crippen LogP contribution in [0.5, 0.6) is 0 Å². The third-order valence-corrected chi connectivity index (χ3v) is 12.2. The van der Waals surface area contributed by atoms with Gasteiger partial charge in [-0.1, -0.05) is 44.4 Å². The van der Waals surface area contributed by atoms with Crippen LogP contribution in [0.25, 0.3) is 0 Å². The molecule has 2 spiro atoms. The molecule has 0 bridgehead atoms. The number of nitrogens with one attached hydrogen (secondary N) is 1. The fraction of sp³-hybridized carbons (Fsp3) is 0.529. The van der Waals surface area contributed by atoms with Crippen molar-refractivity contribution >= 4 is 66.7 Å². The summed E-state index contributed by atoms with van der Waals surface area (Å²) >= 11 is 1.29. The molecule has 2 aliphatic heterocycles. The Labute approximate surface area is 313 Å². The fourth-order valence-electron chi connectivity index (χ4n) is 6.25. The summed E-state index contributed by atoms with van der Waals surface area (Å²) in [4.78, 5) is 4.59. The number of nitrogens with zero attached hydrogens (tertiary/aromatic N) is 6. The highest BCUT2D eigenvalue weighted by atomic mass is 32.2. The molecule has 2 aliphatic carbocycles. The van der Waals surface area contributed by atoms with Crippen molar-refractivity contribution in [2.45, 2.75) is 75.0 Å². The fourth-order valence-corrected chi connectivity index (χ4v) is 9.07. The number of hydrazone groups is 2. The zero-order valence-corrected chi connectivity index (χ0v) is 32.9.